The lowest BCUT2D eigenvalue weighted by Crippen LogP contribution is -2.29. The Morgan fingerprint density at radius 1 is 1.33 bits per heavy atom. The third kappa shape index (κ3) is 1.98. The van der Waals surface area contributed by atoms with Gasteiger partial charge in [-0.2, -0.15) is 0 Å². The van der Waals surface area contributed by atoms with Crippen LogP contribution in [0.4, 0.5) is 0 Å². The summed E-state index contributed by atoms with van der Waals surface area (Å²) in [6, 6.07) is 0. The Hall–Kier alpha value is -0.0400. The van der Waals surface area contributed by atoms with Crippen molar-refractivity contribution in [1.29, 1.82) is 0 Å². The van der Waals surface area contributed by atoms with Gasteiger partial charge in [0.15, 0.2) is 0 Å². The summed E-state index contributed by atoms with van der Waals surface area (Å²) in [7, 11) is 0. The van der Waals surface area contributed by atoms with E-state index in [4.69, 9.17) is 0 Å². The largest absolute Gasteiger partial charge is 0.390 e. The Morgan fingerprint density at radius 2 is 1.78 bits per heavy atom. The highest BCUT2D eigenvalue weighted by Crippen LogP contribution is 2.30. The Morgan fingerprint density at radius 3 is 2.11 bits per heavy atom. The van der Waals surface area contributed by atoms with Crippen LogP contribution in [-0.2, 0) is 0 Å². The lowest BCUT2D eigenvalue weighted by atomic mass is 9.81. The van der Waals surface area contributed by atoms with E-state index in [1.54, 1.807) is 0 Å². The highest BCUT2D eigenvalue weighted by Gasteiger charge is 2.26. The van der Waals surface area contributed by atoms with Crippen LogP contribution in [-0.4, -0.2) is 10.7 Å². The van der Waals surface area contributed by atoms with E-state index in [2.05, 4.69) is 6.92 Å². The minimum atomic E-state index is -0.341. The standard InChI is InChI=1S/C8H16O/c1-7-3-5-8(2,9)6-4-7/h7,9H,3-6H2,1-2H3. The quantitative estimate of drug-likeness (QED) is 0.528. The Kier molecular flexibility index (Phi) is 1.80. The van der Waals surface area contributed by atoms with Crippen LogP contribution in [0.2, 0.25) is 0 Å². The first kappa shape index (κ1) is 7.07. The highest BCUT2D eigenvalue weighted by atomic mass is 16.3. The minimum absolute atomic E-state index is 0.341. The first-order chi connectivity index (χ1) is 4.10. The van der Waals surface area contributed by atoms with Crippen molar-refractivity contribution in [3.63, 3.8) is 0 Å². The van der Waals surface area contributed by atoms with Crippen molar-refractivity contribution in [3.8, 4) is 0 Å². The molecule has 0 bridgehead atoms. The van der Waals surface area contributed by atoms with E-state index in [9.17, 15) is 5.11 Å². The van der Waals surface area contributed by atoms with Gasteiger partial charge < -0.3 is 5.11 Å². The smallest absolute Gasteiger partial charge is 0.0620 e. The molecule has 1 rings (SSSR count). The number of hydrogen-bond acceptors (Lipinski definition) is 1. The van der Waals surface area contributed by atoms with Gasteiger partial charge >= 0.3 is 0 Å². The predicted octanol–water partition coefficient (Wildman–Crippen LogP) is 1.95. The molecular weight excluding hydrogens is 112 g/mol. The van der Waals surface area contributed by atoms with Gasteiger partial charge in [0.1, 0.15) is 0 Å². The summed E-state index contributed by atoms with van der Waals surface area (Å²) < 4.78 is 0. The Balaban J connectivity index is 2.35. The zero-order chi connectivity index (χ0) is 6.91. The first-order valence-corrected chi connectivity index (χ1v) is 3.82. The summed E-state index contributed by atoms with van der Waals surface area (Å²) in [6.07, 6.45) is 4.39. The summed E-state index contributed by atoms with van der Waals surface area (Å²) in [5, 5.41) is 9.49. The molecule has 1 saturated carbocycles. The van der Waals surface area contributed by atoms with Gasteiger partial charge in [0.2, 0.25) is 0 Å². The van der Waals surface area contributed by atoms with Gasteiger partial charge in [0, 0.05) is 0 Å². The summed E-state index contributed by atoms with van der Waals surface area (Å²) in [6.45, 7) is 4.20. The van der Waals surface area contributed by atoms with Crippen LogP contribution in [0.15, 0.2) is 0 Å². The second-order valence-electron chi connectivity index (χ2n) is 3.68. The summed E-state index contributed by atoms with van der Waals surface area (Å²) in [5.41, 5.74) is -0.341. The monoisotopic (exact) mass is 128 g/mol. The third-order valence-electron chi connectivity index (χ3n) is 2.35. The van der Waals surface area contributed by atoms with E-state index in [0.717, 1.165) is 18.8 Å². The molecule has 0 spiro atoms. The predicted molar refractivity (Wildman–Crippen MR) is 38.3 cm³/mol. The summed E-state index contributed by atoms with van der Waals surface area (Å²) >= 11 is 0. The lowest BCUT2D eigenvalue weighted by Gasteiger charge is -2.31. The SMILES string of the molecule is CC1CCC(C)(O)CC1. The topological polar surface area (TPSA) is 20.2 Å². The minimum Gasteiger partial charge on any atom is -0.390 e. The summed E-state index contributed by atoms with van der Waals surface area (Å²) in [5.74, 6) is 0.838. The van der Waals surface area contributed by atoms with Crippen LogP contribution in [0.5, 0.6) is 0 Å². The van der Waals surface area contributed by atoms with Gasteiger partial charge in [-0.25, -0.2) is 0 Å². The van der Waals surface area contributed by atoms with Crippen molar-refractivity contribution >= 4 is 0 Å². The van der Waals surface area contributed by atoms with Crippen LogP contribution >= 0.6 is 0 Å². The molecule has 0 aliphatic heterocycles. The molecule has 0 atom stereocenters. The lowest BCUT2D eigenvalue weighted by molar-refractivity contribution is 0.0104. The van der Waals surface area contributed by atoms with Crippen LogP contribution in [0.1, 0.15) is 39.5 Å². The fourth-order valence-electron chi connectivity index (χ4n) is 1.38. The molecule has 0 radical (unpaired) electrons. The van der Waals surface area contributed by atoms with E-state index >= 15 is 0 Å². The molecule has 1 heteroatoms. The van der Waals surface area contributed by atoms with Gasteiger partial charge in [-0.05, 0) is 38.5 Å². The van der Waals surface area contributed by atoms with Crippen LogP contribution in [0, 0.1) is 5.92 Å². The van der Waals surface area contributed by atoms with Crippen molar-refractivity contribution in [2.24, 2.45) is 5.92 Å². The molecule has 1 aliphatic carbocycles. The Bertz CT molecular complexity index is 86.7. The maximum absolute atomic E-state index is 9.49. The van der Waals surface area contributed by atoms with Gasteiger partial charge in [-0.15, -0.1) is 0 Å². The molecule has 54 valence electrons. The van der Waals surface area contributed by atoms with Gasteiger partial charge in [-0.1, -0.05) is 6.92 Å². The van der Waals surface area contributed by atoms with E-state index in [-0.39, 0.29) is 5.60 Å². The molecule has 0 unspecified atom stereocenters. The zero-order valence-corrected chi connectivity index (χ0v) is 6.35. The number of aliphatic hydroxyl groups is 1. The molecule has 1 aliphatic rings. The van der Waals surface area contributed by atoms with Crippen LogP contribution in [0.25, 0.3) is 0 Å². The van der Waals surface area contributed by atoms with Crippen LogP contribution in [0.3, 0.4) is 0 Å². The van der Waals surface area contributed by atoms with Gasteiger partial charge in [0.05, 0.1) is 5.60 Å². The van der Waals surface area contributed by atoms with Crippen molar-refractivity contribution in [3.05, 3.63) is 0 Å². The third-order valence-corrected chi connectivity index (χ3v) is 2.35. The molecule has 1 fully saturated rings. The molecule has 0 saturated heterocycles. The number of rotatable bonds is 0. The van der Waals surface area contributed by atoms with Gasteiger partial charge in [0.25, 0.3) is 0 Å². The summed E-state index contributed by atoms with van der Waals surface area (Å²) in [4.78, 5) is 0. The molecule has 1 nitrogen and oxygen atoms in total. The molecule has 0 heterocycles. The maximum atomic E-state index is 9.49. The molecule has 1 N–H and O–H groups in total. The van der Waals surface area contributed by atoms with Crippen molar-refractivity contribution in [2.75, 3.05) is 0 Å². The molecule has 0 amide bonds. The normalized spacial score (nSPS) is 45.0. The highest BCUT2D eigenvalue weighted by molar-refractivity contribution is 4.79. The van der Waals surface area contributed by atoms with E-state index in [1.807, 2.05) is 6.92 Å². The van der Waals surface area contributed by atoms with E-state index in [1.165, 1.54) is 12.8 Å². The molecule has 0 aromatic heterocycles. The second-order valence-corrected chi connectivity index (χ2v) is 3.68. The van der Waals surface area contributed by atoms with Crippen molar-refractivity contribution in [2.45, 2.75) is 45.1 Å². The second kappa shape index (κ2) is 2.30. The fraction of sp³-hybridized carbons (Fsp3) is 1.00. The molecule has 0 aromatic rings. The van der Waals surface area contributed by atoms with Gasteiger partial charge in [-0.3, -0.25) is 0 Å². The molecule has 9 heavy (non-hydrogen) atoms. The maximum Gasteiger partial charge on any atom is 0.0620 e. The van der Waals surface area contributed by atoms with Crippen molar-refractivity contribution in [1.82, 2.24) is 0 Å². The number of hydrogen-bond donors (Lipinski definition) is 1. The average molecular weight is 128 g/mol. The van der Waals surface area contributed by atoms with E-state index in [0.29, 0.717) is 0 Å². The average Bonchev–Trinajstić information content (AvgIpc) is 1.78. The van der Waals surface area contributed by atoms with E-state index < -0.39 is 0 Å². The Labute approximate surface area is 57.1 Å². The first-order valence-electron chi connectivity index (χ1n) is 3.82. The van der Waals surface area contributed by atoms with Crippen molar-refractivity contribution < 1.29 is 5.11 Å². The molecular formula is C8H16O. The van der Waals surface area contributed by atoms with Crippen LogP contribution < -0.4 is 0 Å². The zero-order valence-electron chi connectivity index (χ0n) is 6.35. The fourth-order valence-corrected chi connectivity index (χ4v) is 1.38. The molecule has 0 aromatic carbocycles.